The number of carbonyl (C=O) groups excluding carboxylic acids is 1. The maximum atomic E-state index is 12.4. The van der Waals surface area contributed by atoms with Crippen LogP contribution in [0.1, 0.15) is 15.9 Å². The lowest BCUT2D eigenvalue weighted by atomic mass is 10.1. The molecule has 0 spiro atoms. The summed E-state index contributed by atoms with van der Waals surface area (Å²) in [5.74, 6) is -0.143. The van der Waals surface area contributed by atoms with Gasteiger partial charge < -0.3 is 10.2 Å². The monoisotopic (exact) mass is 265 g/mol. The number of anilines is 2. The Morgan fingerprint density at radius 3 is 2.40 bits per heavy atom. The van der Waals surface area contributed by atoms with Crippen molar-refractivity contribution in [2.75, 3.05) is 24.3 Å². The average Bonchev–Trinajstić information content (AvgIpc) is 2.53. The molecule has 0 atom stereocenters. The summed E-state index contributed by atoms with van der Waals surface area (Å²) in [5, 5.41) is 12.1. The molecule has 0 aromatic heterocycles. The van der Waals surface area contributed by atoms with Gasteiger partial charge in [0.05, 0.1) is 11.3 Å². The van der Waals surface area contributed by atoms with Crippen LogP contribution in [-0.2, 0) is 0 Å². The second-order valence-corrected chi connectivity index (χ2v) is 4.32. The Hall–Kier alpha value is -2.80. The van der Waals surface area contributed by atoms with Gasteiger partial charge >= 0.3 is 0 Å². The summed E-state index contributed by atoms with van der Waals surface area (Å²) in [6, 6.07) is 16.4. The van der Waals surface area contributed by atoms with Crippen molar-refractivity contribution in [2.24, 2.45) is 0 Å². The number of benzene rings is 2. The van der Waals surface area contributed by atoms with E-state index in [-0.39, 0.29) is 5.91 Å². The molecule has 0 aliphatic carbocycles. The zero-order chi connectivity index (χ0) is 14.5. The van der Waals surface area contributed by atoms with Crippen LogP contribution in [0, 0.1) is 11.3 Å². The van der Waals surface area contributed by atoms with Gasteiger partial charge in [0.1, 0.15) is 6.07 Å². The lowest BCUT2D eigenvalue weighted by Gasteiger charge is -2.18. The van der Waals surface area contributed by atoms with Gasteiger partial charge in [0.25, 0.3) is 5.91 Å². The molecule has 0 fully saturated rings. The Kier molecular flexibility index (Phi) is 4.02. The van der Waals surface area contributed by atoms with Crippen LogP contribution in [0.3, 0.4) is 0 Å². The standard InChI is InChI=1S/C16H15N3O/c1-18-14-9-7-12(8-10-14)16(20)19(2)15-6-4-3-5-13(15)11-17/h3-10,18H,1-2H3. The Bertz CT molecular complexity index is 656. The SMILES string of the molecule is CNc1ccc(C(=O)N(C)c2ccccc2C#N)cc1. The number of carbonyl (C=O) groups is 1. The zero-order valence-electron chi connectivity index (χ0n) is 11.4. The molecule has 0 saturated carbocycles. The van der Waals surface area contributed by atoms with Crippen molar-refractivity contribution in [3.05, 3.63) is 59.7 Å². The van der Waals surface area contributed by atoms with Gasteiger partial charge in [-0.05, 0) is 36.4 Å². The van der Waals surface area contributed by atoms with E-state index >= 15 is 0 Å². The predicted octanol–water partition coefficient (Wildman–Crippen LogP) is 2.88. The molecule has 4 nitrogen and oxygen atoms in total. The minimum Gasteiger partial charge on any atom is -0.388 e. The van der Waals surface area contributed by atoms with E-state index in [1.54, 1.807) is 37.4 Å². The Morgan fingerprint density at radius 1 is 1.15 bits per heavy atom. The summed E-state index contributed by atoms with van der Waals surface area (Å²) in [5.41, 5.74) is 2.62. The van der Waals surface area contributed by atoms with E-state index < -0.39 is 0 Å². The molecule has 100 valence electrons. The van der Waals surface area contributed by atoms with Crippen molar-refractivity contribution < 1.29 is 4.79 Å². The van der Waals surface area contributed by atoms with E-state index in [2.05, 4.69) is 11.4 Å². The number of amides is 1. The number of nitriles is 1. The molecule has 0 saturated heterocycles. The summed E-state index contributed by atoms with van der Waals surface area (Å²) in [6.45, 7) is 0. The van der Waals surface area contributed by atoms with Gasteiger partial charge in [-0.25, -0.2) is 0 Å². The molecule has 4 heteroatoms. The third-order valence-electron chi connectivity index (χ3n) is 3.11. The molecule has 0 unspecified atom stereocenters. The normalized spacial score (nSPS) is 9.65. The highest BCUT2D eigenvalue weighted by Gasteiger charge is 2.15. The van der Waals surface area contributed by atoms with Crippen LogP contribution in [0.2, 0.25) is 0 Å². The predicted molar refractivity (Wildman–Crippen MR) is 79.9 cm³/mol. The van der Waals surface area contributed by atoms with Crippen molar-refractivity contribution in [3.63, 3.8) is 0 Å². The highest BCUT2D eigenvalue weighted by Crippen LogP contribution is 2.20. The molecule has 2 rings (SSSR count). The Morgan fingerprint density at radius 2 is 1.80 bits per heavy atom. The Balaban J connectivity index is 2.30. The molecule has 0 radical (unpaired) electrons. The lowest BCUT2D eigenvalue weighted by molar-refractivity contribution is 0.0993. The first-order valence-electron chi connectivity index (χ1n) is 6.22. The molecule has 1 N–H and O–H groups in total. The van der Waals surface area contributed by atoms with Crippen molar-refractivity contribution in [1.82, 2.24) is 0 Å². The average molecular weight is 265 g/mol. The quantitative estimate of drug-likeness (QED) is 0.928. The molecule has 0 bridgehead atoms. The number of rotatable bonds is 3. The molecule has 1 amide bonds. The van der Waals surface area contributed by atoms with Crippen LogP contribution >= 0.6 is 0 Å². The first-order chi connectivity index (χ1) is 9.67. The van der Waals surface area contributed by atoms with Crippen molar-refractivity contribution >= 4 is 17.3 Å². The van der Waals surface area contributed by atoms with Gasteiger partial charge in [-0.2, -0.15) is 5.26 Å². The van der Waals surface area contributed by atoms with Gasteiger partial charge in [0.2, 0.25) is 0 Å². The molecule has 0 heterocycles. The fourth-order valence-corrected chi connectivity index (χ4v) is 1.94. The second kappa shape index (κ2) is 5.89. The molecule has 2 aromatic rings. The van der Waals surface area contributed by atoms with Gasteiger partial charge in [-0.3, -0.25) is 4.79 Å². The zero-order valence-corrected chi connectivity index (χ0v) is 11.4. The number of hydrogen-bond acceptors (Lipinski definition) is 3. The van der Waals surface area contributed by atoms with E-state index in [4.69, 9.17) is 5.26 Å². The van der Waals surface area contributed by atoms with Crippen LogP contribution in [0.5, 0.6) is 0 Å². The van der Waals surface area contributed by atoms with Crippen LogP contribution in [0.4, 0.5) is 11.4 Å². The van der Waals surface area contributed by atoms with E-state index in [9.17, 15) is 4.79 Å². The largest absolute Gasteiger partial charge is 0.388 e. The van der Waals surface area contributed by atoms with E-state index in [0.717, 1.165) is 5.69 Å². The van der Waals surface area contributed by atoms with Crippen LogP contribution in [0.25, 0.3) is 0 Å². The fraction of sp³-hybridized carbons (Fsp3) is 0.125. The highest BCUT2D eigenvalue weighted by atomic mass is 16.2. The number of para-hydroxylation sites is 1. The maximum Gasteiger partial charge on any atom is 0.258 e. The molecule has 0 aliphatic heterocycles. The van der Waals surface area contributed by atoms with Crippen molar-refractivity contribution in [2.45, 2.75) is 0 Å². The van der Waals surface area contributed by atoms with E-state index in [0.29, 0.717) is 16.8 Å². The van der Waals surface area contributed by atoms with Crippen LogP contribution < -0.4 is 10.2 Å². The number of nitrogens with zero attached hydrogens (tertiary/aromatic N) is 2. The van der Waals surface area contributed by atoms with Gasteiger partial charge in [0.15, 0.2) is 0 Å². The topological polar surface area (TPSA) is 56.1 Å². The summed E-state index contributed by atoms with van der Waals surface area (Å²) >= 11 is 0. The maximum absolute atomic E-state index is 12.4. The van der Waals surface area contributed by atoms with Gasteiger partial charge in [0, 0.05) is 25.3 Å². The van der Waals surface area contributed by atoms with Crippen LogP contribution in [0.15, 0.2) is 48.5 Å². The van der Waals surface area contributed by atoms with E-state index in [1.807, 2.05) is 25.2 Å². The summed E-state index contributed by atoms with van der Waals surface area (Å²) < 4.78 is 0. The molecule has 2 aromatic carbocycles. The summed E-state index contributed by atoms with van der Waals surface area (Å²) in [6.07, 6.45) is 0. The number of hydrogen-bond donors (Lipinski definition) is 1. The lowest BCUT2D eigenvalue weighted by Crippen LogP contribution is -2.26. The summed E-state index contributed by atoms with van der Waals surface area (Å²) in [7, 11) is 3.50. The van der Waals surface area contributed by atoms with Crippen molar-refractivity contribution in [1.29, 1.82) is 5.26 Å². The molecule has 0 aliphatic rings. The smallest absolute Gasteiger partial charge is 0.258 e. The van der Waals surface area contributed by atoms with Gasteiger partial charge in [-0.1, -0.05) is 12.1 Å². The van der Waals surface area contributed by atoms with Gasteiger partial charge in [-0.15, -0.1) is 0 Å². The Labute approximate surface area is 118 Å². The minimum absolute atomic E-state index is 0.143. The first-order valence-corrected chi connectivity index (χ1v) is 6.22. The summed E-state index contributed by atoms with van der Waals surface area (Å²) in [4.78, 5) is 13.9. The molecule has 20 heavy (non-hydrogen) atoms. The number of nitrogens with one attached hydrogen (secondary N) is 1. The minimum atomic E-state index is -0.143. The van der Waals surface area contributed by atoms with Crippen LogP contribution in [-0.4, -0.2) is 20.0 Å². The van der Waals surface area contributed by atoms with Crippen molar-refractivity contribution in [3.8, 4) is 6.07 Å². The molecular formula is C16H15N3O. The second-order valence-electron chi connectivity index (χ2n) is 4.32. The fourth-order valence-electron chi connectivity index (χ4n) is 1.94. The molecular weight excluding hydrogens is 250 g/mol. The highest BCUT2D eigenvalue weighted by molar-refractivity contribution is 6.06. The first kappa shape index (κ1) is 13.6. The third kappa shape index (κ3) is 2.62. The third-order valence-corrected chi connectivity index (χ3v) is 3.11. The van der Waals surface area contributed by atoms with E-state index in [1.165, 1.54) is 4.90 Å².